The molecule has 0 spiro atoms. The van der Waals surface area contributed by atoms with Crippen molar-refractivity contribution in [2.45, 2.75) is 32.7 Å². The highest BCUT2D eigenvalue weighted by atomic mass is 19.1. The van der Waals surface area contributed by atoms with Crippen LogP contribution >= 0.6 is 0 Å². The highest BCUT2D eigenvalue weighted by Crippen LogP contribution is 2.08. The van der Waals surface area contributed by atoms with E-state index in [2.05, 4.69) is 5.32 Å². The summed E-state index contributed by atoms with van der Waals surface area (Å²) in [4.78, 5) is 11.0. The van der Waals surface area contributed by atoms with E-state index in [9.17, 15) is 13.6 Å². The first-order valence-electron chi connectivity index (χ1n) is 6.43. The summed E-state index contributed by atoms with van der Waals surface area (Å²) in [5.41, 5.74) is 0.421. The van der Waals surface area contributed by atoms with Crippen molar-refractivity contribution in [1.82, 2.24) is 5.32 Å². The summed E-state index contributed by atoms with van der Waals surface area (Å²) in [6.07, 6.45) is 1.88. The molecule has 0 saturated heterocycles. The predicted molar refractivity (Wildman–Crippen MR) is 68.5 cm³/mol. The minimum atomic E-state index is -0.580. The third-order valence-corrected chi connectivity index (χ3v) is 2.55. The zero-order valence-electron chi connectivity index (χ0n) is 11.0. The number of ether oxygens (including phenoxy) is 1. The first-order chi connectivity index (χ1) is 9.13. The molecule has 1 aromatic rings. The van der Waals surface area contributed by atoms with E-state index in [0.29, 0.717) is 38.1 Å². The molecule has 0 amide bonds. The van der Waals surface area contributed by atoms with Crippen LogP contribution in [0.5, 0.6) is 0 Å². The molecular weight excluding hydrogens is 252 g/mol. The van der Waals surface area contributed by atoms with Gasteiger partial charge in [0.05, 0.1) is 6.61 Å². The van der Waals surface area contributed by atoms with Crippen molar-refractivity contribution in [3.05, 3.63) is 35.4 Å². The van der Waals surface area contributed by atoms with Gasteiger partial charge < -0.3 is 10.1 Å². The molecule has 0 bridgehead atoms. The van der Waals surface area contributed by atoms with E-state index < -0.39 is 11.6 Å². The summed E-state index contributed by atoms with van der Waals surface area (Å²) in [5.74, 6) is -1.32. The third kappa shape index (κ3) is 6.29. The van der Waals surface area contributed by atoms with Gasteiger partial charge in [-0.3, -0.25) is 4.79 Å². The van der Waals surface area contributed by atoms with Crippen LogP contribution in [0.4, 0.5) is 8.78 Å². The minimum absolute atomic E-state index is 0.188. The maximum Gasteiger partial charge on any atom is 0.305 e. The van der Waals surface area contributed by atoms with Crippen molar-refractivity contribution in [3.8, 4) is 0 Å². The lowest BCUT2D eigenvalue weighted by Crippen LogP contribution is -2.18. The molecule has 0 radical (unpaired) electrons. The summed E-state index contributed by atoms with van der Waals surface area (Å²) in [6, 6.07) is 3.51. The number of hydrogen-bond acceptors (Lipinski definition) is 3. The second kappa shape index (κ2) is 8.58. The highest BCUT2D eigenvalue weighted by Gasteiger charge is 2.03. The Kier molecular flexibility index (Phi) is 7.03. The molecule has 0 unspecified atom stereocenters. The molecule has 1 rings (SSSR count). The van der Waals surface area contributed by atoms with E-state index in [-0.39, 0.29) is 5.97 Å². The van der Waals surface area contributed by atoms with Crippen molar-refractivity contribution in [2.75, 3.05) is 13.2 Å². The second-order valence-electron chi connectivity index (χ2n) is 4.24. The number of halogens is 2. The lowest BCUT2D eigenvalue weighted by atomic mass is 10.2. The fourth-order valence-electron chi connectivity index (χ4n) is 1.55. The first kappa shape index (κ1) is 15.6. The summed E-state index contributed by atoms with van der Waals surface area (Å²) >= 11 is 0. The summed E-state index contributed by atoms with van der Waals surface area (Å²) in [6.45, 7) is 3.21. The van der Waals surface area contributed by atoms with E-state index in [1.807, 2.05) is 6.92 Å². The number of esters is 1. The maximum absolute atomic E-state index is 13.3. The van der Waals surface area contributed by atoms with Gasteiger partial charge in [0.15, 0.2) is 0 Å². The normalized spacial score (nSPS) is 10.5. The zero-order valence-corrected chi connectivity index (χ0v) is 11.0. The Balaban J connectivity index is 2.12. The van der Waals surface area contributed by atoms with Crippen LogP contribution < -0.4 is 5.32 Å². The largest absolute Gasteiger partial charge is 0.466 e. The Bertz CT molecular complexity index is 410. The molecule has 1 N–H and O–H groups in total. The van der Waals surface area contributed by atoms with Crippen LogP contribution in [-0.4, -0.2) is 19.1 Å². The van der Waals surface area contributed by atoms with Crippen LogP contribution in [-0.2, 0) is 16.1 Å². The molecule has 0 atom stereocenters. The molecule has 0 heterocycles. The van der Waals surface area contributed by atoms with E-state index in [0.717, 1.165) is 12.5 Å². The average Bonchev–Trinajstić information content (AvgIpc) is 2.36. The molecule has 0 saturated carbocycles. The fourth-order valence-corrected chi connectivity index (χ4v) is 1.55. The van der Waals surface area contributed by atoms with Gasteiger partial charge in [-0.25, -0.2) is 8.78 Å². The highest BCUT2D eigenvalue weighted by molar-refractivity contribution is 5.69. The maximum atomic E-state index is 13.3. The molecule has 5 heteroatoms. The number of rotatable bonds is 8. The van der Waals surface area contributed by atoms with Gasteiger partial charge in [0, 0.05) is 24.6 Å². The number of carbonyl (C=O) groups is 1. The van der Waals surface area contributed by atoms with Gasteiger partial charge in [0.1, 0.15) is 11.6 Å². The number of hydrogen-bond donors (Lipinski definition) is 1. The van der Waals surface area contributed by atoms with Gasteiger partial charge in [0.2, 0.25) is 0 Å². The summed E-state index contributed by atoms with van der Waals surface area (Å²) in [7, 11) is 0. The number of nitrogens with one attached hydrogen (secondary N) is 1. The standard InChI is InChI=1S/C14H19F2NO2/c1-2-4-14(18)19-8-3-7-17-10-11-5-6-12(15)9-13(11)16/h5-6,9,17H,2-4,7-8,10H2,1H3. The average molecular weight is 271 g/mol. The summed E-state index contributed by atoms with van der Waals surface area (Å²) < 4.78 is 30.9. The van der Waals surface area contributed by atoms with Crippen molar-refractivity contribution >= 4 is 5.97 Å². The molecule has 0 fully saturated rings. The Morgan fingerprint density at radius 3 is 2.84 bits per heavy atom. The van der Waals surface area contributed by atoms with Gasteiger partial charge >= 0.3 is 5.97 Å². The summed E-state index contributed by atoms with van der Waals surface area (Å²) in [5, 5.41) is 3.01. The van der Waals surface area contributed by atoms with Gasteiger partial charge in [-0.1, -0.05) is 13.0 Å². The number of benzene rings is 1. The van der Waals surface area contributed by atoms with Gasteiger partial charge in [-0.2, -0.15) is 0 Å². The lowest BCUT2D eigenvalue weighted by molar-refractivity contribution is -0.143. The Morgan fingerprint density at radius 2 is 2.16 bits per heavy atom. The van der Waals surface area contributed by atoms with Gasteiger partial charge in [0.25, 0.3) is 0 Å². The molecule has 0 aromatic heterocycles. The molecule has 0 aliphatic carbocycles. The Labute approximate surface area is 112 Å². The van der Waals surface area contributed by atoms with Crippen LogP contribution in [0.25, 0.3) is 0 Å². The van der Waals surface area contributed by atoms with Gasteiger partial charge in [-0.15, -0.1) is 0 Å². The lowest BCUT2D eigenvalue weighted by Gasteiger charge is -2.07. The molecule has 0 aliphatic rings. The van der Waals surface area contributed by atoms with Crippen LogP contribution in [0, 0.1) is 11.6 Å². The van der Waals surface area contributed by atoms with Crippen molar-refractivity contribution in [3.63, 3.8) is 0 Å². The second-order valence-corrected chi connectivity index (χ2v) is 4.24. The van der Waals surface area contributed by atoms with E-state index in [1.165, 1.54) is 12.1 Å². The monoisotopic (exact) mass is 271 g/mol. The quantitative estimate of drug-likeness (QED) is 0.583. The topological polar surface area (TPSA) is 38.3 Å². The fraction of sp³-hybridized carbons (Fsp3) is 0.500. The predicted octanol–water partition coefficient (Wildman–Crippen LogP) is 2.79. The molecule has 106 valence electrons. The van der Waals surface area contributed by atoms with Crippen molar-refractivity contribution in [1.29, 1.82) is 0 Å². The third-order valence-electron chi connectivity index (χ3n) is 2.55. The molecule has 0 aliphatic heterocycles. The van der Waals surface area contributed by atoms with Gasteiger partial charge in [-0.05, 0) is 25.5 Å². The van der Waals surface area contributed by atoms with E-state index in [4.69, 9.17) is 4.74 Å². The van der Waals surface area contributed by atoms with E-state index in [1.54, 1.807) is 0 Å². The SMILES string of the molecule is CCCC(=O)OCCCNCc1ccc(F)cc1F. The molecule has 19 heavy (non-hydrogen) atoms. The van der Waals surface area contributed by atoms with Crippen LogP contribution in [0.3, 0.4) is 0 Å². The zero-order chi connectivity index (χ0) is 14.1. The minimum Gasteiger partial charge on any atom is -0.466 e. The van der Waals surface area contributed by atoms with Crippen molar-refractivity contribution in [2.24, 2.45) is 0 Å². The van der Waals surface area contributed by atoms with E-state index >= 15 is 0 Å². The molecule has 3 nitrogen and oxygen atoms in total. The van der Waals surface area contributed by atoms with Crippen LogP contribution in [0.15, 0.2) is 18.2 Å². The molecular formula is C14H19F2NO2. The Hall–Kier alpha value is -1.49. The number of carbonyl (C=O) groups excluding carboxylic acids is 1. The first-order valence-corrected chi connectivity index (χ1v) is 6.43. The van der Waals surface area contributed by atoms with Crippen LogP contribution in [0.1, 0.15) is 31.7 Å². The van der Waals surface area contributed by atoms with Crippen LogP contribution in [0.2, 0.25) is 0 Å². The Morgan fingerprint density at radius 1 is 1.37 bits per heavy atom. The van der Waals surface area contributed by atoms with Crippen molar-refractivity contribution < 1.29 is 18.3 Å². The smallest absolute Gasteiger partial charge is 0.305 e. The molecule has 1 aromatic carbocycles.